The molecule has 1 saturated heterocycles. The highest BCUT2D eigenvalue weighted by Gasteiger charge is 2.24. The Morgan fingerprint density at radius 3 is 3.12 bits per heavy atom. The number of aromatic nitrogens is 2. The average Bonchev–Trinajstić information content (AvgIpc) is 2.33. The molecule has 1 aromatic rings. The molecule has 0 aliphatic carbocycles. The van der Waals surface area contributed by atoms with Gasteiger partial charge in [-0.3, -0.25) is 4.79 Å². The summed E-state index contributed by atoms with van der Waals surface area (Å²) in [6.45, 7) is 0.886. The monoisotopic (exact) mass is 223 g/mol. The van der Waals surface area contributed by atoms with Gasteiger partial charge >= 0.3 is 0 Å². The van der Waals surface area contributed by atoms with E-state index in [4.69, 9.17) is 0 Å². The summed E-state index contributed by atoms with van der Waals surface area (Å²) in [7, 11) is 1.71. The van der Waals surface area contributed by atoms with Crippen molar-refractivity contribution in [2.24, 2.45) is 7.05 Å². The highest BCUT2D eigenvalue weighted by molar-refractivity contribution is 5.37. The van der Waals surface area contributed by atoms with Crippen LogP contribution in [0.25, 0.3) is 0 Å². The number of rotatable bonds is 2. The van der Waals surface area contributed by atoms with Gasteiger partial charge in [0.05, 0.1) is 12.6 Å². The predicted molar refractivity (Wildman–Crippen MR) is 61.5 cm³/mol. The maximum Gasteiger partial charge on any atom is 0.293 e. The lowest BCUT2D eigenvalue weighted by molar-refractivity contribution is 0.239. The molecule has 1 N–H and O–H groups in total. The number of hydrogen-bond donors (Lipinski definition) is 1. The summed E-state index contributed by atoms with van der Waals surface area (Å²) in [6, 6.07) is 0.0383. The summed E-state index contributed by atoms with van der Waals surface area (Å²) in [5.74, 6) is 0.462. The molecule has 1 fully saturated rings. The third-order valence-corrected chi connectivity index (χ3v) is 3.11. The van der Waals surface area contributed by atoms with Crippen LogP contribution >= 0.6 is 0 Å². The molecule has 0 radical (unpaired) electrons. The fourth-order valence-electron chi connectivity index (χ4n) is 2.15. The summed E-state index contributed by atoms with van der Waals surface area (Å²) >= 11 is 0. The van der Waals surface area contributed by atoms with Crippen molar-refractivity contribution >= 4 is 5.82 Å². The topological polar surface area (TPSA) is 58.4 Å². The molecule has 1 aliphatic heterocycles. The van der Waals surface area contributed by atoms with Crippen LogP contribution in [0.4, 0.5) is 5.82 Å². The van der Waals surface area contributed by atoms with Crippen molar-refractivity contribution in [2.75, 3.05) is 18.1 Å². The number of piperidine rings is 1. The number of anilines is 1. The molecule has 0 bridgehead atoms. The Morgan fingerprint density at radius 2 is 2.38 bits per heavy atom. The van der Waals surface area contributed by atoms with Gasteiger partial charge in [-0.25, -0.2) is 4.98 Å². The molecule has 5 heteroatoms. The smallest absolute Gasteiger partial charge is 0.293 e. The van der Waals surface area contributed by atoms with Crippen LogP contribution in [0.3, 0.4) is 0 Å². The van der Waals surface area contributed by atoms with Crippen molar-refractivity contribution in [3.63, 3.8) is 0 Å². The Balaban J connectivity index is 2.34. The van der Waals surface area contributed by atoms with Gasteiger partial charge in [0.25, 0.3) is 5.56 Å². The zero-order valence-corrected chi connectivity index (χ0v) is 9.46. The van der Waals surface area contributed by atoms with Crippen LogP contribution in [-0.2, 0) is 7.05 Å². The van der Waals surface area contributed by atoms with Gasteiger partial charge in [-0.05, 0) is 19.3 Å². The highest BCUT2D eigenvalue weighted by Crippen LogP contribution is 2.19. The Labute approximate surface area is 94.3 Å². The Morgan fingerprint density at radius 1 is 1.56 bits per heavy atom. The molecule has 2 heterocycles. The molecule has 0 aromatic carbocycles. The molecule has 2 rings (SSSR count). The van der Waals surface area contributed by atoms with Crippen LogP contribution < -0.4 is 10.5 Å². The lowest BCUT2D eigenvalue weighted by Gasteiger charge is -2.34. The van der Waals surface area contributed by atoms with Crippen LogP contribution in [0.15, 0.2) is 17.2 Å². The molecular weight excluding hydrogens is 206 g/mol. The maximum absolute atomic E-state index is 11.9. The predicted octanol–water partition coefficient (Wildman–Crippen LogP) is 0.132. The zero-order valence-electron chi connectivity index (χ0n) is 9.46. The van der Waals surface area contributed by atoms with Crippen LogP contribution in [0.5, 0.6) is 0 Å². The SMILES string of the molecule is Cn1ccnc(N2CCCCC2CO)c1=O. The van der Waals surface area contributed by atoms with Gasteiger partial charge < -0.3 is 14.6 Å². The molecule has 1 aliphatic rings. The molecule has 1 atom stereocenters. The third kappa shape index (κ3) is 1.95. The Kier molecular flexibility index (Phi) is 3.24. The van der Waals surface area contributed by atoms with E-state index in [0.29, 0.717) is 5.82 Å². The molecule has 5 nitrogen and oxygen atoms in total. The Hall–Kier alpha value is -1.36. The standard InChI is InChI=1S/C11H17N3O2/c1-13-7-5-12-10(11(13)16)14-6-3-2-4-9(14)8-15/h5,7,9,15H,2-4,6,8H2,1H3. The van der Waals surface area contributed by atoms with Crippen molar-refractivity contribution < 1.29 is 5.11 Å². The fourth-order valence-corrected chi connectivity index (χ4v) is 2.15. The maximum atomic E-state index is 11.9. The van der Waals surface area contributed by atoms with E-state index in [-0.39, 0.29) is 18.2 Å². The van der Waals surface area contributed by atoms with Gasteiger partial charge in [0, 0.05) is 26.0 Å². The van der Waals surface area contributed by atoms with Crippen LogP contribution in [0.2, 0.25) is 0 Å². The second kappa shape index (κ2) is 4.65. The third-order valence-electron chi connectivity index (χ3n) is 3.11. The van der Waals surface area contributed by atoms with E-state index in [9.17, 15) is 9.90 Å². The van der Waals surface area contributed by atoms with Gasteiger partial charge in [-0.2, -0.15) is 0 Å². The molecule has 1 unspecified atom stereocenters. The molecule has 0 spiro atoms. The lowest BCUT2D eigenvalue weighted by atomic mass is 10.0. The van der Waals surface area contributed by atoms with Crippen molar-refractivity contribution in [3.05, 3.63) is 22.7 Å². The number of aryl methyl sites for hydroxylation is 1. The molecular formula is C11H17N3O2. The molecule has 88 valence electrons. The fraction of sp³-hybridized carbons (Fsp3) is 0.636. The summed E-state index contributed by atoms with van der Waals surface area (Å²) in [5, 5.41) is 9.30. The van der Waals surface area contributed by atoms with Crippen molar-refractivity contribution in [2.45, 2.75) is 25.3 Å². The number of aliphatic hydroxyl groups excluding tert-OH is 1. The van der Waals surface area contributed by atoms with E-state index in [1.807, 2.05) is 4.90 Å². The molecule has 1 aromatic heterocycles. The van der Waals surface area contributed by atoms with E-state index in [0.717, 1.165) is 25.8 Å². The molecule has 0 saturated carbocycles. The van der Waals surface area contributed by atoms with Crippen LogP contribution in [0, 0.1) is 0 Å². The average molecular weight is 223 g/mol. The normalized spacial score (nSPS) is 21.1. The zero-order chi connectivity index (χ0) is 11.5. The van der Waals surface area contributed by atoms with E-state index in [2.05, 4.69) is 4.98 Å². The van der Waals surface area contributed by atoms with Crippen molar-refractivity contribution in [1.82, 2.24) is 9.55 Å². The second-order valence-corrected chi connectivity index (χ2v) is 4.19. The minimum atomic E-state index is -0.0946. The van der Waals surface area contributed by atoms with Gasteiger partial charge in [-0.15, -0.1) is 0 Å². The minimum absolute atomic E-state index is 0.0383. The van der Waals surface area contributed by atoms with E-state index >= 15 is 0 Å². The van der Waals surface area contributed by atoms with E-state index in [1.165, 1.54) is 4.57 Å². The summed E-state index contributed by atoms with van der Waals surface area (Å²) in [4.78, 5) is 18.0. The quantitative estimate of drug-likeness (QED) is 0.774. The number of aliphatic hydroxyl groups is 1. The number of nitrogens with zero attached hydrogens (tertiary/aromatic N) is 3. The van der Waals surface area contributed by atoms with Gasteiger partial charge in [0.15, 0.2) is 5.82 Å². The molecule has 16 heavy (non-hydrogen) atoms. The summed E-state index contributed by atoms with van der Waals surface area (Å²) in [5.41, 5.74) is -0.0946. The van der Waals surface area contributed by atoms with Crippen LogP contribution in [0.1, 0.15) is 19.3 Å². The second-order valence-electron chi connectivity index (χ2n) is 4.19. The van der Waals surface area contributed by atoms with Gasteiger partial charge in [0.1, 0.15) is 0 Å². The number of hydrogen-bond acceptors (Lipinski definition) is 4. The highest BCUT2D eigenvalue weighted by atomic mass is 16.3. The first-order valence-electron chi connectivity index (χ1n) is 5.63. The van der Waals surface area contributed by atoms with E-state index in [1.54, 1.807) is 19.4 Å². The lowest BCUT2D eigenvalue weighted by Crippen LogP contribution is -2.45. The minimum Gasteiger partial charge on any atom is -0.394 e. The first kappa shape index (κ1) is 11.1. The summed E-state index contributed by atoms with van der Waals surface area (Å²) in [6.07, 6.45) is 6.35. The largest absolute Gasteiger partial charge is 0.394 e. The van der Waals surface area contributed by atoms with Crippen molar-refractivity contribution in [1.29, 1.82) is 0 Å². The van der Waals surface area contributed by atoms with Crippen molar-refractivity contribution in [3.8, 4) is 0 Å². The first-order chi connectivity index (χ1) is 7.74. The summed E-state index contributed by atoms with van der Waals surface area (Å²) < 4.78 is 1.52. The van der Waals surface area contributed by atoms with Gasteiger partial charge in [0.2, 0.25) is 0 Å². The Bertz CT molecular complexity index is 416. The molecule has 0 amide bonds. The van der Waals surface area contributed by atoms with Gasteiger partial charge in [-0.1, -0.05) is 0 Å². The van der Waals surface area contributed by atoms with Crippen LogP contribution in [-0.4, -0.2) is 33.9 Å². The van der Waals surface area contributed by atoms with E-state index < -0.39 is 0 Å². The first-order valence-corrected chi connectivity index (χ1v) is 5.63.